The van der Waals surface area contributed by atoms with Crippen molar-refractivity contribution in [3.63, 3.8) is 0 Å². The molecule has 0 aromatic carbocycles. The number of rotatable bonds is 51. The zero-order chi connectivity index (χ0) is 56.1. The minimum atomic E-state index is -1.65. The van der Waals surface area contributed by atoms with E-state index in [9.17, 15) is 35.1 Å². The Bertz CT molecular complexity index is 1620. The number of allylic oxidation sites excluding steroid dienone is 15. The largest absolute Gasteiger partial charge is 0.454 e. The molecule has 6 N–H and O–H groups in total. The third kappa shape index (κ3) is 41.3. The molecule has 8 atom stereocenters. The van der Waals surface area contributed by atoms with E-state index in [-0.39, 0.29) is 19.4 Å². The standard InChI is InChI=1S/C66H113NO10/c1-4-7-10-13-16-19-22-24-25-26-27-28-29-30-31-32-33-34-36-38-41-44-47-50-53-59(70)65(74)67-57(58(69)52-49-46-43-40-37-21-18-15-12-9-6-3)56-75-66-64(63(73)62(72)60(55-68)76-66)77-61(71)54-51-48-45-42-39-35-23-20-17-14-11-8-5-2/h8,11,14,16-17,19-20,23-25,35,39,42,45,49,52,57-60,62-64,66,68-70,72-73H,4-7,9-10,12-13,15,18,21-22,26-34,36-38,40-41,43-44,46-48,50-51,53-56H2,1-3H3,(H,67,74)/b11-8+,17-14+,19-16-,23-20-,25-24-,39-35-,45-42+,52-49+. The summed E-state index contributed by atoms with van der Waals surface area (Å²) in [5.41, 5.74) is 0. The molecule has 0 saturated carbocycles. The van der Waals surface area contributed by atoms with Crippen molar-refractivity contribution in [2.75, 3.05) is 13.2 Å². The lowest BCUT2D eigenvalue weighted by Crippen LogP contribution is -2.61. The summed E-state index contributed by atoms with van der Waals surface area (Å²) in [7, 11) is 0. The van der Waals surface area contributed by atoms with Crippen molar-refractivity contribution in [3.8, 4) is 0 Å². The molecule has 11 nitrogen and oxygen atoms in total. The van der Waals surface area contributed by atoms with Gasteiger partial charge < -0.3 is 45.1 Å². The van der Waals surface area contributed by atoms with Gasteiger partial charge in [0.2, 0.25) is 5.91 Å². The zero-order valence-electron chi connectivity index (χ0n) is 48.8. The Kier molecular flexibility index (Phi) is 49.5. The number of amides is 1. The highest BCUT2D eigenvalue weighted by Gasteiger charge is 2.47. The molecule has 1 rings (SSSR count). The highest BCUT2D eigenvalue weighted by atomic mass is 16.7. The Hall–Kier alpha value is -3.42. The van der Waals surface area contributed by atoms with Gasteiger partial charge in [0.15, 0.2) is 12.4 Å². The summed E-state index contributed by atoms with van der Waals surface area (Å²) in [6.07, 6.45) is 60.4. The molecule has 1 saturated heterocycles. The van der Waals surface area contributed by atoms with Gasteiger partial charge in [0.25, 0.3) is 0 Å². The van der Waals surface area contributed by atoms with Crippen LogP contribution < -0.4 is 5.32 Å². The van der Waals surface area contributed by atoms with Gasteiger partial charge in [-0.15, -0.1) is 0 Å². The molecule has 0 bridgehead atoms. The number of nitrogens with one attached hydrogen (secondary N) is 1. The third-order valence-corrected chi connectivity index (χ3v) is 14.1. The van der Waals surface area contributed by atoms with Crippen LogP contribution in [0.3, 0.4) is 0 Å². The smallest absolute Gasteiger partial charge is 0.306 e. The highest BCUT2D eigenvalue weighted by molar-refractivity contribution is 5.80. The molecule has 8 unspecified atom stereocenters. The van der Waals surface area contributed by atoms with Gasteiger partial charge in [-0.2, -0.15) is 0 Å². The number of aliphatic hydroxyl groups is 5. The van der Waals surface area contributed by atoms with Gasteiger partial charge in [-0.25, -0.2) is 0 Å². The molecule has 1 amide bonds. The fourth-order valence-corrected chi connectivity index (χ4v) is 9.18. The number of carbonyl (C=O) groups excluding carboxylic acids is 2. The third-order valence-electron chi connectivity index (χ3n) is 14.1. The summed E-state index contributed by atoms with van der Waals surface area (Å²) < 4.78 is 17.5. The maximum absolute atomic E-state index is 13.4. The van der Waals surface area contributed by atoms with Gasteiger partial charge in [0, 0.05) is 6.42 Å². The van der Waals surface area contributed by atoms with E-state index in [1.165, 1.54) is 135 Å². The van der Waals surface area contributed by atoms with Crippen LogP contribution in [0.25, 0.3) is 0 Å². The van der Waals surface area contributed by atoms with Crippen LogP contribution >= 0.6 is 0 Å². The van der Waals surface area contributed by atoms with E-state index in [1.807, 2.05) is 60.8 Å². The van der Waals surface area contributed by atoms with E-state index < -0.39 is 67.4 Å². The fraction of sp³-hybridized carbons (Fsp3) is 0.727. The van der Waals surface area contributed by atoms with Gasteiger partial charge in [-0.1, -0.05) is 266 Å². The summed E-state index contributed by atoms with van der Waals surface area (Å²) >= 11 is 0. The van der Waals surface area contributed by atoms with Crippen LogP contribution in [0.1, 0.15) is 245 Å². The normalized spacial score (nSPS) is 19.7. The summed E-state index contributed by atoms with van der Waals surface area (Å²) in [5, 5.41) is 56.9. The molecule has 0 aromatic heterocycles. The quantitative estimate of drug-likeness (QED) is 0.0149. The Labute approximate surface area is 469 Å². The molecule has 77 heavy (non-hydrogen) atoms. The van der Waals surface area contributed by atoms with E-state index in [1.54, 1.807) is 6.08 Å². The molecule has 1 heterocycles. The Morgan fingerprint density at radius 2 is 0.987 bits per heavy atom. The molecule has 442 valence electrons. The lowest BCUT2D eigenvalue weighted by molar-refractivity contribution is -0.305. The van der Waals surface area contributed by atoms with E-state index in [0.717, 1.165) is 57.8 Å². The Morgan fingerprint density at radius 3 is 1.52 bits per heavy atom. The first-order valence-electron chi connectivity index (χ1n) is 31.1. The van der Waals surface area contributed by atoms with Crippen LogP contribution in [-0.2, 0) is 23.8 Å². The predicted octanol–water partition coefficient (Wildman–Crippen LogP) is 14.7. The van der Waals surface area contributed by atoms with Gasteiger partial charge >= 0.3 is 5.97 Å². The molecule has 0 aromatic rings. The number of ether oxygens (including phenoxy) is 3. The van der Waals surface area contributed by atoms with Crippen LogP contribution in [0.5, 0.6) is 0 Å². The van der Waals surface area contributed by atoms with E-state index >= 15 is 0 Å². The van der Waals surface area contributed by atoms with Crippen LogP contribution in [-0.4, -0.2) is 99.6 Å². The van der Waals surface area contributed by atoms with Gasteiger partial charge in [0.05, 0.1) is 25.4 Å². The maximum Gasteiger partial charge on any atom is 0.306 e. The summed E-state index contributed by atoms with van der Waals surface area (Å²) in [4.78, 5) is 26.5. The minimum absolute atomic E-state index is 0.0237. The molecular formula is C66H113NO10. The number of unbranched alkanes of at least 4 members (excludes halogenated alkanes) is 27. The molecule has 11 heteroatoms. The lowest BCUT2D eigenvalue weighted by Gasteiger charge is -2.41. The monoisotopic (exact) mass is 1080 g/mol. The van der Waals surface area contributed by atoms with Gasteiger partial charge in [0.1, 0.15) is 24.4 Å². The highest BCUT2D eigenvalue weighted by Crippen LogP contribution is 2.26. The minimum Gasteiger partial charge on any atom is -0.454 e. The molecule has 1 fully saturated rings. The number of aliphatic hydroxyl groups excluding tert-OH is 5. The second-order valence-corrected chi connectivity index (χ2v) is 21.2. The number of hydrogen-bond donors (Lipinski definition) is 6. The van der Waals surface area contributed by atoms with Crippen molar-refractivity contribution in [1.29, 1.82) is 0 Å². The van der Waals surface area contributed by atoms with Crippen molar-refractivity contribution in [1.82, 2.24) is 5.32 Å². The first-order chi connectivity index (χ1) is 37.7. The van der Waals surface area contributed by atoms with Crippen molar-refractivity contribution in [2.45, 2.75) is 294 Å². The molecule has 0 radical (unpaired) electrons. The number of hydrogen-bond acceptors (Lipinski definition) is 10. The van der Waals surface area contributed by atoms with E-state index in [2.05, 4.69) is 56.5 Å². The van der Waals surface area contributed by atoms with Crippen molar-refractivity contribution >= 4 is 11.9 Å². The molecule has 0 spiro atoms. The predicted molar refractivity (Wildman–Crippen MR) is 319 cm³/mol. The first-order valence-corrected chi connectivity index (χ1v) is 31.1. The van der Waals surface area contributed by atoms with Gasteiger partial charge in [-0.3, -0.25) is 9.59 Å². The Morgan fingerprint density at radius 1 is 0.532 bits per heavy atom. The topological polar surface area (TPSA) is 175 Å². The fourth-order valence-electron chi connectivity index (χ4n) is 9.18. The van der Waals surface area contributed by atoms with Crippen LogP contribution in [0.4, 0.5) is 0 Å². The second kappa shape index (κ2) is 53.2. The SMILES string of the molecule is CC/C=C/C=C/C=C\C=C/C=C/CCCC(=O)OC1C(OCC(NC(=O)C(O)CCCCCCCCCCCCCCCC/C=C\C/C=C\CCCCC)C(O)/C=C/CCCCCCCCCCC)OC(CO)C(O)C1O. The summed E-state index contributed by atoms with van der Waals surface area (Å²) in [6, 6.07) is -1.04. The summed E-state index contributed by atoms with van der Waals surface area (Å²) in [5.74, 6) is -1.28. The molecule has 0 aliphatic carbocycles. The average molecular weight is 1080 g/mol. The Balaban J connectivity index is 2.63. The number of esters is 1. The first kappa shape index (κ1) is 71.6. The summed E-state index contributed by atoms with van der Waals surface area (Å²) in [6.45, 7) is 5.56. The molecule has 1 aliphatic rings. The van der Waals surface area contributed by atoms with E-state index in [4.69, 9.17) is 14.2 Å². The number of carbonyl (C=O) groups is 2. The van der Waals surface area contributed by atoms with Crippen molar-refractivity contribution in [2.24, 2.45) is 0 Å². The maximum atomic E-state index is 13.4. The van der Waals surface area contributed by atoms with Crippen LogP contribution in [0, 0.1) is 0 Å². The molecule has 1 aliphatic heterocycles. The average Bonchev–Trinajstić information content (AvgIpc) is 3.44. The van der Waals surface area contributed by atoms with E-state index in [0.29, 0.717) is 19.3 Å². The van der Waals surface area contributed by atoms with Crippen LogP contribution in [0.15, 0.2) is 97.2 Å². The van der Waals surface area contributed by atoms with Crippen LogP contribution in [0.2, 0.25) is 0 Å². The second-order valence-electron chi connectivity index (χ2n) is 21.2. The van der Waals surface area contributed by atoms with Crippen molar-refractivity contribution in [3.05, 3.63) is 97.2 Å². The van der Waals surface area contributed by atoms with Crippen molar-refractivity contribution < 1.29 is 49.3 Å². The molecular weight excluding hydrogens is 967 g/mol. The van der Waals surface area contributed by atoms with Gasteiger partial charge in [-0.05, 0) is 70.6 Å². The zero-order valence-corrected chi connectivity index (χ0v) is 48.8. The lowest BCUT2D eigenvalue weighted by atomic mass is 9.99.